The lowest BCUT2D eigenvalue weighted by atomic mass is 9.99. The number of hydrogen-bond donors (Lipinski definition) is 0. The van der Waals surface area contributed by atoms with Gasteiger partial charge in [-0.15, -0.1) is 0 Å². The van der Waals surface area contributed by atoms with Crippen LogP contribution in [0.5, 0.6) is 0 Å². The molecular weight excluding hydrogens is 188 g/mol. The lowest BCUT2D eigenvalue weighted by molar-refractivity contribution is 0.0178. The van der Waals surface area contributed by atoms with Crippen molar-refractivity contribution >= 4 is 0 Å². The van der Waals surface area contributed by atoms with E-state index in [9.17, 15) is 0 Å². The Morgan fingerprint density at radius 2 is 1.60 bits per heavy atom. The maximum Gasteiger partial charge on any atom is 0.0480 e. The molecule has 3 nitrogen and oxygen atoms in total. The van der Waals surface area contributed by atoms with Gasteiger partial charge in [-0.1, -0.05) is 0 Å². The van der Waals surface area contributed by atoms with E-state index in [0.717, 1.165) is 25.3 Å². The average molecular weight is 212 g/mol. The van der Waals surface area contributed by atoms with Gasteiger partial charge in [-0.25, -0.2) is 0 Å². The van der Waals surface area contributed by atoms with Crippen LogP contribution in [0.2, 0.25) is 0 Å². The second kappa shape index (κ2) is 5.28. The van der Waals surface area contributed by atoms with Crippen molar-refractivity contribution in [2.75, 3.05) is 40.4 Å². The molecule has 88 valence electrons. The lowest BCUT2D eigenvalue weighted by Gasteiger charge is -2.40. The van der Waals surface area contributed by atoms with Gasteiger partial charge in [-0.2, -0.15) is 0 Å². The molecule has 2 aliphatic rings. The second-order valence-electron chi connectivity index (χ2n) is 5.07. The van der Waals surface area contributed by atoms with E-state index in [-0.39, 0.29) is 0 Å². The number of ether oxygens (including phenoxy) is 1. The predicted octanol–water partition coefficient (Wildman–Crippen LogP) is 1.19. The van der Waals surface area contributed by atoms with Gasteiger partial charge in [0.25, 0.3) is 0 Å². The third-order valence-electron chi connectivity index (χ3n) is 3.94. The molecule has 0 bridgehead atoms. The minimum atomic E-state index is 0.807. The highest BCUT2D eigenvalue weighted by atomic mass is 16.5. The molecule has 0 aliphatic carbocycles. The Morgan fingerprint density at radius 1 is 1.00 bits per heavy atom. The van der Waals surface area contributed by atoms with Gasteiger partial charge >= 0.3 is 0 Å². The van der Waals surface area contributed by atoms with Gasteiger partial charge in [0.15, 0.2) is 0 Å². The third-order valence-corrected chi connectivity index (χ3v) is 3.94. The zero-order valence-corrected chi connectivity index (χ0v) is 10.1. The molecule has 0 atom stereocenters. The number of nitrogens with zero attached hydrogens (tertiary/aromatic N) is 2. The highest BCUT2D eigenvalue weighted by molar-refractivity contribution is 4.82. The largest absolute Gasteiger partial charge is 0.381 e. The Morgan fingerprint density at radius 3 is 2.13 bits per heavy atom. The minimum absolute atomic E-state index is 0.807. The fourth-order valence-corrected chi connectivity index (χ4v) is 2.82. The summed E-state index contributed by atoms with van der Waals surface area (Å²) in [5.74, 6) is 0. The molecule has 15 heavy (non-hydrogen) atoms. The maximum atomic E-state index is 5.41. The zero-order valence-electron chi connectivity index (χ0n) is 10.1. The van der Waals surface area contributed by atoms with Gasteiger partial charge in [0.1, 0.15) is 0 Å². The quantitative estimate of drug-likeness (QED) is 0.684. The molecule has 2 aliphatic heterocycles. The fraction of sp³-hybridized carbons (Fsp3) is 1.00. The van der Waals surface area contributed by atoms with E-state index in [2.05, 4.69) is 23.9 Å². The predicted molar refractivity (Wildman–Crippen MR) is 62.1 cm³/mol. The summed E-state index contributed by atoms with van der Waals surface area (Å²) in [5, 5.41) is 0. The van der Waals surface area contributed by atoms with Crippen molar-refractivity contribution in [3.05, 3.63) is 0 Å². The summed E-state index contributed by atoms with van der Waals surface area (Å²) >= 11 is 0. The van der Waals surface area contributed by atoms with Crippen LogP contribution in [-0.4, -0.2) is 62.3 Å². The summed E-state index contributed by atoms with van der Waals surface area (Å²) < 4.78 is 5.41. The van der Waals surface area contributed by atoms with Gasteiger partial charge < -0.3 is 14.5 Å². The van der Waals surface area contributed by atoms with E-state index in [1.165, 1.54) is 38.8 Å². The normalized spacial score (nSPS) is 27.4. The molecule has 0 aromatic heterocycles. The molecule has 0 N–H and O–H groups in total. The van der Waals surface area contributed by atoms with Crippen LogP contribution in [0, 0.1) is 0 Å². The molecule has 0 spiro atoms. The number of likely N-dealkylation sites (tertiary alicyclic amines) is 1. The Balaban J connectivity index is 1.77. The van der Waals surface area contributed by atoms with Crippen LogP contribution in [0.1, 0.15) is 25.7 Å². The Hall–Kier alpha value is -0.120. The molecule has 0 unspecified atom stereocenters. The standard InChI is InChI=1S/C12H24N2O/c1-13(2)11-3-7-14(8-4-11)12-5-9-15-10-6-12/h11-12H,3-10H2,1-2H3. The van der Waals surface area contributed by atoms with Gasteiger partial charge in [0, 0.05) is 25.3 Å². The molecule has 0 aromatic rings. The first kappa shape index (κ1) is 11.4. The number of hydrogen-bond acceptors (Lipinski definition) is 3. The first-order chi connectivity index (χ1) is 7.27. The van der Waals surface area contributed by atoms with Crippen molar-refractivity contribution in [1.82, 2.24) is 9.80 Å². The van der Waals surface area contributed by atoms with Gasteiger partial charge in [0.05, 0.1) is 0 Å². The molecule has 2 rings (SSSR count). The molecule has 3 heteroatoms. The summed E-state index contributed by atoms with van der Waals surface area (Å²) in [6.07, 6.45) is 5.16. The van der Waals surface area contributed by atoms with Crippen LogP contribution in [-0.2, 0) is 4.74 Å². The van der Waals surface area contributed by atoms with Crippen molar-refractivity contribution < 1.29 is 4.74 Å². The van der Waals surface area contributed by atoms with Crippen molar-refractivity contribution in [3.8, 4) is 0 Å². The average Bonchev–Trinajstić information content (AvgIpc) is 2.30. The molecule has 2 heterocycles. The molecule has 0 saturated carbocycles. The Labute approximate surface area is 93.4 Å². The molecule has 0 aromatic carbocycles. The van der Waals surface area contributed by atoms with Crippen LogP contribution in [0.25, 0.3) is 0 Å². The summed E-state index contributed by atoms with van der Waals surface area (Å²) in [5.41, 5.74) is 0. The van der Waals surface area contributed by atoms with Crippen molar-refractivity contribution in [2.24, 2.45) is 0 Å². The van der Waals surface area contributed by atoms with Crippen LogP contribution in [0.4, 0.5) is 0 Å². The summed E-state index contributed by atoms with van der Waals surface area (Å²) in [4.78, 5) is 5.06. The second-order valence-corrected chi connectivity index (χ2v) is 5.07. The highest BCUT2D eigenvalue weighted by Gasteiger charge is 2.26. The van der Waals surface area contributed by atoms with Crippen LogP contribution < -0.4 is 0 Å². The molecular formula is C12H24N2O. The topological polar surface area (TPSA) is 15.7 Å². The van der Waals surface area contributed by atoms with Crippen molar-refractivity contribution in [1.29, 1.82) is 0 Å². The lowest BCUT2D eigenvalue weighted by Crippen LogP contribution is -2.47. The van der Waals surface area contributed by atoms with Crippen LogP contribution in [0.3, 0.4) is 0 Å². The van der Waals surface area contributed by atoms with Crippen molar-refractivity contribution in [2.45, 2.75) is 37.8 Å². The van der Waals surface area contributed by atoms with E-state index in [1.54, 1.807) is 0 Å². The fourth-order valence-electron chi connectivity index (χ4n) is 2.82. The molecule has 2 saturated heterocycles. The minimum Gasteiger partial charge on any atom is -0.381 e. The Bertz CT molecular complexity index is 182. The first-order valence-corrected chi connectivity index (χ1v) is 6.25. The Kier molecular flexibility index (Phi) is 4.00. The molecule has 2 fully saturated rings. The van der Waals surface area contributed by atoms with Gasteiger partial charge in [-0.05, 0) is 52.9 Å². The molecule has 0 radical (unpaired) electrons. The number of rotatable bonds is 2. The van der Waals surface area contributed by atoms with E-state index in [1.807, 2.05) is 0 Å². The summed E-state index contributed by atoms with van der Waals surface area (Å²) in [6, 6.07) is 1.61. The van der Waals surface area contributed by atoms with E-state index in [4.69, 9.17) is 4.74 Å². The summed E-state index contributed by atoms with van der Waals surface area (Å²) in [7, 11) is 4.41. The van der Waals surface area contributed by atoms with Crippen LogP contribution >= 0.6 is 0 Å². The van der Waals surface area contributed by atoms with E-state index < -0.39 is 0 Å². The van der Waals surface area contributed by atoms with E-state index >= 15 is 0 Å². The first-order valence-electron chi connectivity index (χ1n) is 6.25. The maximum absolute atomic E-state index is 5.41. The highest BCUT2D eigenvalue weighted by Crippen LogP contribution is 2.21. The van der Waals surface area contributed by atoms with Gasteiger partial charge in [-0.3, -0.25) is 0 Å². The van der Waals surface area contributed by atoms with Crippen molar-refractivity contribution in [3.63, 3.8) is 0 Å². The third kappa shape index (κ3) is 2.92. The zero-order chi connectivity index (χ0) is 10.7. The van der Waals surface area contributed by atoms with Crippen LogP contribution in [0.15, 0.2) is 0 Å². The monoisotopic (exact) mass is 212 g/mol. The summed E-state index contributed by atoms with van der Waals surface area (Å²) in [6.45, 7) is 4.51. The molecule has 0 amide bonds. The van der Waals surface area contributed by atoms with E-state index in [0.29, 0.717) is 0 Å². The smallest absolute Gasteiger partial charge is 0.0480 e. The SMILES string of the molecule is CN(C)C1CCN(C2CCOCC2)CC1. The van der Waals surface area contributed by atoms with Gasteiger partial charge in [0.2, 0.25) is 0 Å². The number of piperidine rings is 1.